The zero-order valence-electron chi connectivity index (χ0n) is 21.7. The third-order valence-corrected chi connectivity index (χ3v) is 7.14. The fourth-order valence-electron chi connectivity index (χ4n) is 5.40. The fourth-order valence-corrected chi connectivity index (χ4v) is 5.40. The highest BCUT2D eigenvalue weighted by Gasteiger charge is 2.33. The van der Waals surface area contributed by atoms with Crippen molar-refractivity contribution in [3.05, 3.63) is 59.7 Å². The number of ether oxygens (including phenoxy) is 2. The molecule has 0 spiro atoms. The zero-order chi connectivity index (χ0) is 26.6. The summed E-state index contributed by atoms with van der Waals surface area (Å²) >= 11 is 0. The number of hydrogen-bond donors (Lipinski definition) is 2. The smallest absolute Gasteiger partial charge is 0.409 e. The van der Waals surface area contributed by atoms with Gasteiger partial charge in [-0.2, -0.15) is 0 Å². The minimum Gasteiger partial charge on any atom is -0.481 e. The number of hydrogen-bond acceptors (Lipinski definition) is 5. The number of fused-ring (bicyclic) bond motifs is 3. The number of nitrogens with zero attached hydrogens (tertiary/aromatic N) is 1. The molecule has 2 aromatic carbocycles. The number of likely N-dealkylation sites (tertiary alicyclic amines) is 1. The van der Waals surface area contributed by atoms with Crippen molar-refractivity contribution < 1.29 is 29.0 Å². The van der Waals surface area contributed by atoms with Gasteiger partial charge in [0.25, 0.3) is 0 Å². The summed E-state index contributed by atoms with van der Waals surface area (Å²) in [5.41, 5.74) is 4.09. The van der Waals surface area contributed by atoms with Crippen LogP contribution in [-0.2, 0) is 14.3 Å². The van der Waals surface area contributed by atoms with Crippen LogP contribution >= 0.6 is 0 Å². The molecule has 1 aliphatic carbocycles. The van der Waals surface area contributed by atoms with Crippen LogP contribution in [0.4, 0.5) is 9.59 Å². The van der Waals surface area contributed by atoms with Gasteiger partial charge in [0, 0.05) is 25.6 Å². The normalized spacial score (nSPS) is 16.5. The first-order chi connectivity index (χ1) is 17.6. The van der Waals surface area contributed by atoms with Gasteiger partial charge in [-0.15, -0.1) is 0 Å². The van der Waals surface area contributed by atoms with Crippen LogP contribution in [0.3, 0.4) is 0 Å². The summed E-state index contributed by atoms with van der Waals surface area (Å²) in [5, 5.41) is 12.1. The molecule has 2 aliphatic rings. The van der Waals surface area contributed by atoms with E-state index in [1.54, 1.807) is 25.7 Å². The van der Waals surface area contributed by atoms with Gasteiger partial charge in [0.2, 0.25) is 0 Å². The largest absolute Gasteiger partial charge is 0.481 e. The van der Waals surface area contributed by atoms with Crippen molar-refractivity contribution in [3.63, 3.8) is 0 Å². The monoisotopic (exact) mass is 508 g/mol. The second-order valence-electron chi connectivity index (χ2n) is 10.9. The molecule has 0 aromatic heterocycles. The van der Waals surface area contributed by atoms with Crippen LogP contribution in [0.15, 0.2) is 48.5 Å². The lowest BCUT2D eigenvalue weighted by molar-refractivity contribution is -0.138. The molecule has 8 nitrogen and oxygen atoms in total. The van der Waals surface area contributed by atoms with Crippen molar-refractivity contribution in [2.45, 2.75) is 51.6 Å². The second kappa shape index (κ2) is 11.2. The number of aliphatic carboxylic acids is 1. The molecule has 198 valence electrons. The van der Waals surface area contributed by atoms with E-state index in [-0.39, 0.29) is 43.4 Å². The molecule has 0 saturated carbocycles. The molecule has 2 amide bonds. The summed E-state index contributed by atoms with van der Waals surface area (Å²) in [5.74, 6) is -1.07. The summed E-state index contributed by atoms with van der Waals surface area (Å²) in [4.78, 5) is 38.1. The quantitative estimate of drug-likeness (QED) is 0.528. The Morgan fingerprint density at radius 2 is 1.57 bits per heavy atom. The van der Waals surface area contributed by atoms with E-state index in [4.69, 9.17) is 9.47 Å². The lowest BCUT2D eigenvalue weighted by Gasteiger charge is -2.35. The third-order valence-electron chi connectivity index (χ3n) is 7.14. The average molecular weight is 509 g/mol. The van der Waals surface area contributed by atoms with E-state index >= 15 is 0 Å². The van der Waals surface area contributed by atoms with E-state index in [0.29, 0.717) is 25.9 Å². The van der Waals surface area contributed by atoms with E-state index < -0.39 is 17.7 Å². The lowest BCUT2D eigenvalue weighted by atomic mass is 9.82. The molecule has 2 N–H and O–H groups in total. The van der Waals surface area contributed by atoms with E-state index in [9.17, 15) is 19.5 Å². The second-order valence-corrected chi connectivity index (χ2v) is 10.9. The number of carbonyl (C=O) groups is 3. The highest BCUT2D eigenvalue weighted by Crippen LogP contribution is 2.44. The highest BCUT2D eigenvalue weighted by atomic mass is 16.6. The average Bonchev–Trinajstić information content (AvgIpc) is 3.17. The van der Waals surface area contributed by atoms with Gasteiger partial charge in [0.05, 0.1) is 6.42 Å². The molecule has 1 fully saturated rings. The first kappa shape index (κ1) is 26.5. The summed E-state index contributed by atoms with van der Waals surface area (Å²) in [6.45, 7) is 6.81. The van der Waals surface area contributed by atoms with Crippen molar-refractivity contribution in [2.75, 3.05) is 26.2 Å². The zero-order valence-corrected chi connectivity index (χ0v) is 21.7. The Morgan fingerprint density at radius 3 is 2.11 bits per heavy atom. The Bertz CT molecular complexity index is 1090. The standard InChI is InChI=1S/C29H36N2O6/c1-29(2,3)37-27(34)30-17-20(16-26(32)33)19-12-14-31(15-13-19)28(35)36-18-25-23-10-6-4-8-21(23)22-9-5-7-11-24(22)25/h4-11,19-20,25H,12-18H2,1-3H3,(H,30,34)(H,32,33). The predicted octanol–water partition coefficient (Wildman–Crippen LogP) is 5.26. The minimum atomic E-state index is -0.907. The highest BCUT2D eigenvalue weighted by molar-refractivity contribution is 5.79. The Labute approximate surface area is 217 Å². The maximum atomic E-state index is 12.9. The van der Waals surface area contributed by atoms with Crippen LogP contribution in [0.5, 0.6) is 0 Å². The summed E-state index contributed by atoms with van der Waals surface area (Å²) in [7, 11) is 0. The first-order valence-corrected chi connectivity index (χ1v) is 12.9. The number of carboxylic acid groups (broad SMARTS) is 1. The van der Waals surface area contributed by atoms with Crippen LogP contribution in [0.1, 0.15) is 57.1 Å². The van der Waals surface area contributed by atoms with Crippen molar-refractivity contribution >= 4 is 18.2 Å². The number of rotatable bonds is 7. The number of benzene rings is 2. The Kier molecular flexibility index (Phi) is 8.05. The summed E-state index contributed by atoms with van der Waals surface area (Å²) in [6, 6.07) is 16.5. The van der Waals surface area contributed by atoms with Crippen molar-refractivity contribution in [1.82, 2.24) is 10.2 Å². The van der Waals surface area contributed by atoms with Gasteiger partial charge in [-0.25, -0.2) is 9.59 Å². The molecule has 1 heterocycles. The Hall–Kier alpha value is -3.55. The number of carboxylic acids is 1. The van der Waals surface area contributed by atoms with Gasteiger partial charge in [-0.05, 0) is 67.7 Å². The maximum absolute atomic E-state index is 12.9. The van der Waals surface area contributed by atoms with E-state index in [0.717, 1.165) is 0 Å². The molecule has 1 aliphatic heterocycles. The number of nitrogens with one attached hydrogen (secondary N) is 1. The molecule has 37 heavy (non-hydrogen) atoms. The van der Waals surface area contributed by atoms with E-state index in [1.165, 1.54) is 22.3 Å². The topological polar surface area (TPSA) is 105 Å². The van der Waals surface area contributed by atoms with Gasteiger partial charge < -0.3 is 24.8 Å². The summed E-state index contributed by atoms with van der Waals surface area (Å²) < 4.78 is 11.1. The van der Waals surface area contributed by atoms with E-state index in [1.807, 2.05) is 24.3 Å². The molecule has 4 rings (SSSR count). The van der Waals surface area contributed by atoms with Gasteiger partial charge in [-0.1, -0.05) is 48.5 Å². The van der Waals surface area contributed by atoms with Crippen molar-refractivity contribution in [2.24, 2.45) is 11.8 Å². The number of carbonyl (C=O) groups excluding carboxylic acids is 2. The predicted molar refractivity (Wildman–Crippen MR) is 139 cm³/mol. The molecular formula is C29H36N2O6. The molecule has 8 heteroatoms. The van der Waals surface area contributed by atoms with Crippen LogP contribution in [-0.4, -0.2) is 60.0 Å². The van der Waals surface area contributed by atoms with Crippen LogP contribution in [0.25, 0.3) is 11.1 Å². The third kappa shape index (κ3) is 6.61. The molecule has 0 bridgehead atoms. The van der Waals surface area contributed by atoms with Crippen LogP contribution in [0, 0.1) is 11.8 Å². The molecule has 1 atom stereocenters. The van der Waals surface area contributed by atoms with E-state index in [2.05, 4.69) is 29.6 Å². The van der Waals surface area contributed by atoms with Crippen molar-refractivity contribution in [3.8, 4) is 11.1 Å². The molecule has 0 radical (unpaired) electrons. The molecular weight excluding hydrogens is 472 g/mol. The Morgan fingerprint density at radius 1 is 1.00 bits per heavy atom. The first-order valence-electron chi connectivity index (χ1n) is 12.9. The van der Waals surface area contributed by atoms with Crippen LogP contribution in [0.2, 0.25) is 0 Å². The molecule has 2 aromatic rings. The molecule has 1 saturated heterocycles. The number of piperidine rings is 1. The molecule has 1 unspecified atom stereocenters. The lowest BCUT2D eigenvalue weighted by Crippen LogP contribution is -2.43. The minimum absolute atomic E-state index is 0.00719. The number of amides is 2. The van der Waals surface area contributed by atoms with Crippen molar-refractivity contribution in [1.29, 1.82) is 0 Å². The van der Waals surface area contributed by atoms with Crippen LogP contribution < -0.4 is 5.32 Å². The summed E-state index contributed by atoms with van der Waals surface area (Å²) in [6.07, 6.45) is 0.350. The SMILES string of the molecule is CC(C)(C)OC(=O)NCC(CC(=O)O)C1CCN(C(=O)OCC2c3ccccc3-c3ccccc32)CC1. The maximum Gasteiger partial charge on any atom is 0.409 e. The van der Waals surface area contributed by atoms with Gasteiger partial charge in [0.15, 0.2) is 0 Å². The van der Waals surface area contributed by atoms with Gasteiger partial charge in [-0.3, -0.25) is 4.79 Å². The Balaban J connectivity index is 1.30. The van der Waals surface area contributed by atoms with Gasteiger partial charge in [0.1, 0.15) is 12.2 Å². The number of alkyl carbamates (subject to hydrolysis) is 1. The fraction of sp³-hybridized carbons (Fsp3) is 0.483. The van der Waals surface area contributed by atoms with Gasteiger partial charge >= 0.3 is 18.2 Å².